The Morgan fingerprint density at radius 2 is 1.90 bits per heavy atom. The minimum absolute atomic E-state index is 0.116. The van der Waals surface area contributed by atoms with Crippen LogP contribution < -0.4 is 4.57 Å². The Hall–Kier alpha value is -1.63. The summed E-state index contributed by atoms with van der Waals surface area (Å²) in [6.07, 6.45) is 0.283. The van der Waals surface area contributed by atoms with Crippen LogP contribution in [0.1, 0.15) is 43.0 Å². The number of nitrogens with zero attached hydrogens (tertiary/aromatic N) is 1. The lowest BCUT2D eigenvalue weighted by atomic mass is 9.96. The SMILES string of the molecule is [2H]C([2H])([2H])c1c[n+](C)c(-c2ccc(C([2H])([2H])C(C)C)cc2C)cc1C. The lowest BCUT2D eigenvalue weighted by molar-refractivity contribution is -0.660. The lowest BCUT2D eigenvalue weighted by Gasteiger charge is -2.10. The molecular weight excluding hydrogens is 242 g/mol. The van der Waals surface area contributed by atoms with Crippen LogP contribution in [0.4, 0.5) is 0 Å². The van der Waals surface area contributed by atoms with Crippen molar-refractivity contribution in [1.82, 2.24) is 0 Å². The molecule has 0 atom stereocenters. The van der Waals surface area contributed by atoms with Gasteiger partial charge in [0.25, 0.3) is 0 Å². The van der Waals surface area contributed by atoms with Gasteiger partial charge in [-0.1, -0.05) is 26.0 Å². The van der Waals surface area contributed by atoms with Crippen molar-refractivity contribution in [2.45, 2.75) is 40.9 Å². The zero-order chi connectivity index (χ0) is 19.2. The van der Waals surface area contributed by atoms with E-state index < -0.39 is 13.2 Å². The largest absolute Gasteiger partial charge is 0.212 e. The molecular formula is C19H26N+. The minimum Gasteiger partial charge on any atom is -0.201 e. The zero-order valence-electron chi connectivity index (χ0n) is 17.9. The highest BCUT2D eigenvalue weighted by Gasteiger charge is 2.14. The van der Waals surface area contributed by atoms with E-state index in [0.717, 1.165) is 22.4 Å². The summed E-state index contributed by atoms with van der Waals surface area (Å²) in [7, 11) is 1.84. The highest BCUT2D eigenvalue weighted by molar-refractivity contribution is 5.62. The van der Waals surface area contributed by atoms with Crippen LogP contribution >= 0.6 is 0 Å². The second kappa shape index (κ2) is 5.78. The van der Waals surface area contributed by atoms with Crippen molar-refractivity contribution in [2.24, 2.45) is 13.0 Å². The average molecular weight is 273 g/mol. The van der Waals surface area contributed by atoms with Crippen LogP contribution in [0, 0.1) is 26.6 Å². The van der Waals surface area contributed by atoms with Crippen molar-refractivity contribution in [2.75, 3.05) is 0 Å². The van der Waals surface area contributed by atoms with Gasteiger partial charge in [0, 0.05) is 24.0 Å². The molecule has 1 aromatic heterocycles. The van der Waals surface area contributed by atoms with Crippen molar-refractivity contribution in [3.63, 3.8) is 0 Å². The number of benzene rings is 1. The number of pyridine rings is 1. The molecule has 0 saturated carbocycles. The summed E-state index contributed by atoms with van der Waals surface area (Å²) in [6, 6.07) is 7.53. The van der Waals surface area contributed by atoms with Crippen LogP contribution in [0.5, 0.6) is 0 Å². The van der Waals surface area contributed by atoms with E-state index in [1.54, 1.807) is 6.20 Å². The summed E-state index contributed by atoms with van der Waals surface area (Å²) in [4.78, 5) is 0. The Kier molecular flexibility index (Phi) is 2.70. The third-order valence-corrected chi connectivity index (χ3v) is 3.44. The van der Waals surface area contributed by atoms with Crippen LogP contribution in [-0.4, -0.2) is 0 Å². The molecule has 0 fully saturated rings. The quantitative estimate of drug-likeness (QED) is 0.734. The van der Waals surface area contributed by atoms with Gasteiger partial charge in [0.15, 0.2) is 6.20 Å². The summed E-state index contributed by atoms with van der Waals surface area (Å²) in [5.74, 6) is -0.116. The summed E-state index contributed by atoms with van der Waals surface area (Å²) >= 11 is 0. The van der Waals surface area contributed by atoms with Crippen molar-refractivity contribution >= 4 is 0 Å². The normalized spacial score (nSPS) is 16.2. The van der Waals surface area contributed by atoms with Crippen molar-refractivity contribution < 1.29 is 11.4 Å². The Balaban J connectivity index is 2.56. The number of hydrogen-bond acceptors (Lipinski definition) is 0. The van der Waals surface area contributed by atoms with Crippen LogP contribution in [0.25, 0.3) is 11.3 Å². The molecule has 0 saturated heterocycles. The number of aryl methyl sites for hydroxylation is 4. The number of aromatic nitrogens is 1. The van der Waals surface area contributed by atoms with Gasteiger partial charge in [-0.05, 0) is 55.7 Å². The van der Waals surface area contributed by atoms with Crippen molar-refractivity contribution in [3.8, 4) is 11.3 Å². The fourth-order valence-corrected chi connectivity index (χ4v) is 2.39. The van der Waals surface area contributed by atoms with Crippen LogP contribution in [0.15, 0.2) is 30.5 Å². The van der Waals surface area contributed by atoms with Gasteiger partial charge in [-0.15, -0.1) is 0 Å². The second-order valence-corrected chi connectivity index (χ2v) is 5.70. The molecule has 0 aliphatic carbocycles. The van der Waals surface area contributed by atoms with E-state index in [1.807, 2.05) is 63.6 Å². The molecule has 0 unspecified atom stereocenters. The highest BCUT2D eigenvalue weighted by Crippen LogP contribution is 2.24. The molecule has 106 valence electrons. The first-order valence-corrected chi connectivity index (χ1v) is 6.98. The third kappa shape index (κ3) is 3.09. The van der Waals surface area contributed by atoms with E-state index in [0.29, 0.717) is 11.1 Å². The van der Waals surface area contributed by atoms with Crippen LogP contribution in [0.3, 0.4) is 0 Å². The van der Waals surface area contributed by atoms with E-state index in [9.17, 15) is 0 Å². The summed E-state index contributed by atoms with van der Waals surface area (Å²) < 4.78 is 41.3. The molecule has 1 heterocycles. The number of hydrogen-bond donors (Lipinski definition) is 0. The van der Waals surface area contributed by atoms with Gasteiger partial charge in [0.2, 0.25) is 5.69 Å². The van der Waals surface area contributed by atoms with Gasteiger partial charge in [-0.3, -0.25) is 0 Å². The van der Waals surface area contributed by atoms with Gasteiger partial charge in [-0.2, -0.15) is 0 Å². The Morgan fingerprint density at radius 3 is 2.50 bits per heavy atom. The van der Waals surface area contributed by atoms with Gasteiger partial charge >= 0.3 is 0 Å². The lowest BCUT2D eigenvalue weighted by Crippen LogP contribution is -2.31. The molecule has 0 N–H and O–H groups in total. The predicted octanol–water partition coefficient (Wildman–Crippen LogP) is 4.30. The molecule has 1 heteroatoms. The predicted molar refractivity (Wildman–Crippen MR) is 85.8 cm³/mol. The molecule has 0 aliphatic heterocycles. The molecule has 0 aliphatic rings. The molecule has 0 spiro atoms. The van der Waals surface area contributed by atoms with Gasteiger partial charge in [0.1, 0.15) is 7.05 Å². The minimum atomic E-state index is -2.13. The van der Waals surface area contributed by atoms with E-state index in [4.69, 9.17) is 6.85 Å². The van der Waals surface area contributed by atoms with Crippen LogP contribution in [-0.2, 0) is 13.4 Å². The molecule has 1 nitrogen and oxygen atoms in total. The molecule has 2 rings (SSSR count). The van der Waals surface area contributed by atoms with Gasteiger partial charge in [0.05, 0.1) is 0 Å². The van der Waals surface area contributed by atoms with Crippen molar-refractivity contribution in [1.29, 1.82) is 0 Å². The topological polar surface area (TPSA) is 3.88 Å². The fraction of sp³-hybridized carbons (Fsp3) is 0.421. The molecule has 2 aromatic rings. The van der Waals surface area contributed by atoms with Gasteiger partial charge in [-0.25, -0.2) is 4.57 Å². The zero-order valence-corrected chi connectivity index (χ0v) is 12.9. The smallest absolute Gasteiger partial charge is 0.201 e. The Bertz CT molecular complexity index is 791. The first kappa shape index (κ1) is 9.33. The van der Waals surface area contributed by atoms with E-state index in [-0.39, 0.29) is 5.92 Å². The highest BCUT2D eigenvalue weighted by atomic mass is 14.9. The summed E-state index contributed by atoms with van der Waals surface area (Å²) in [5, 5.41) is 0. The Morgan fingerprint density at radius 1 is 1.15 bits per heavy atom. The molecule has 1 aromatic carbocycles. The molecule has 0 radical (unpaired) electrons. The average Bonchev–Trinajstić information content (AvgIpc) is 2.48. The Labute approximate surface area is 130 Å². The number of rotatable bonds is 3. The molecule has 0 amide bonds. The monoisotopic (exact) mass is 273 g/mol. The first-order chi connectivity index (χ1) is 11.4. The standard InChI is InChI=1S/C19H26N/c1-13(2)9-17-7-8-18(15(4)10-17)19-11-14(3)16(5)12-20(19)6/h7-8,10-13H,9H2,1-6H3/q+1/i5D3,9D2. The van der Waals surface area contributed by atoms with Crippen molar-refractivity contribution in [3.05, 3.63) is 52.7 Å². The van der Waals surface area contributed by atoms with E-state index >= 15 is 0 Å². The van der Waals surface area contributed by atoms with Gasteiger partial charge < -0.3 is 0 Å². The maximum absolute atomic E-state index is 8.27. The summed E-state index contributed by atoms with van der Waals surface area (Å²) in [6.45, 7) is 5.39. The second-order valence-electron chi connectivity index (χ2n) is 5.70. The summed E-state index contributed by atoms with van der Waals surface area (Å²) in [5.41, 5.74) is 4.62. The maximum atomic E-state index is 8.27. The fourth-order valence-electron chi connectivity index (χ4n) is 2.39. The van der Waals surface area contributed by atoms with E-state index in [2.05, 4.69) is 0 Å². The first-order valence-electron chi connectivity index (χ1n) is 9.48. The maximum Gasteiger partial charge on any atom is 0.212 e. The van der Waals surface area contributed by atoms with E-state index in [1.165, 1.54) is 0 Å². The van der Waals surface area contributed by atoms with Crippen LogP contribution in [0.2, 0.25) is 0 Å². The third-order valence-electron chi connectivity index (χ3n) is 3.44. The molecule has 0 bridgehead atoms. The molecule has 20 heavy (non-hydrogen) atoms.